The highest BCUT2D eigenvalue weighted by Gasteiger charge is 2.29. The number of rotatable bonds is 1. The van der Waals surface area contributed by atoms with Gasteiger partial charge < -0.3 is 10.0 Å². The van der Waals surface area contributed by atoms with Gasteiger partial charge in [0.2, 0.25) is 0 Å². The second kappa shape index (κ2) is 3.92. The third kappa shape index (κ3) is 1.95. The van der Waals surface area contributed by atoms with E-state index in [0.717, 1.165) is 12.1 Å². The van der Waals surface area contributed by atoms with E-state index >= 15 is 0 Å². The van der Waals surface area contributed by atoms with E-state index < -0.39 is 6.09 Å². The van der Waals surface area contributed by atoms with Gasteiger partial charge in [0.15, 0.2) is 0 Å². The zero-order chi connectivity index (χ0) is 10.8. The van der Waals surface area contributed by atoms with E-state index in [1.807, 2.05) is 6.07 Å². The van der Waals surface area contributed by atoms with Crippen LogP contribution in [0, 0.1) is 5.92 Å². The Hall–Kier alpha value is -1.52. The summed E-state index contributed by atoms with van der Waals surface area (Å²) in [7, 11) is 0. The van der Waals surface area contributed by atoms with Gasteiger partial charge in [-0.15, -0.1) is 0 Å². The number of aromatic nitrogens is 2. The van der Waals surface area contributed by atoms with Crippen molar-refractivity contribution in [2.75, 3.05) is 13.1 Å². The lowest BCUT2D eigenvalue weighted by molar-refractivity contribution is 0.115. The summed E-state index contributed by atoms with van der Waals surface area (Å²) in [6, 6.07) is 1.97. The van der Waals surface area contributed by atoms with Crippen LogP contribution >= 0.6 is 0 Å². The zero-order valence-electron chi connectivity index (χ0n) is 8.68. The van der Waals surface area contributed by atoms with Gasteiger partial charge in [-0.3, -0.25) is 5.10 Å². The maximum atomic E-state index is 10.8. The molecule has 0 spiro atoms. The molecule has 1 fully saturated rings. The third-order valence-corrected chi connectivity index (χ3v) is 3.10. The minimum absolute atomic E-state index is 0.343. The summed E-state index contributed by atoms with van der Waals surface area (Å²) in [6.45, 7) is 3.31. The van der Waals surface area contributed by atoms with Gasteiger partial charge >= 0.3 is 6.09 Å². The van der Waals surface area contributed by atoms with Crippen molar-refractivity contribution in [3.63, 3.8) is 0 Å². The molecule has 1 aliphatic rings. The quantitative estimate of drug-likeness (QED) is 0.736. The molecular weight excluding hydrogens is 194 g/mol. The lowest BCUT2D eigenvalue weighted by Gasteiger charge is -2.34. The largest absolute Gasteiger partial charge is 0.465 e. The Balaban J connectivity index is 2.04. The van der Waals surface area contributed by atoms with Gasteiger partial charge in [0.1, 0.15) is 0 Å². The fraction of sp³-hybridized carbons (Fsp3) is 0.600. The first-order chi connectivity index (χ1) is 7.18. The minimum Gasteiger partial charge on any atom is -0.465 e. The fourth-order valence-electron chi connectivity index (χ4n) is 2.25. The summed E-state index contributed by atoms with van der Waals surface area (Å²) in [5, 5.41) is 15.8. The van der Waals surface area contributed by atoms with Crippen LogP contribution in [0.25, 0.3) is 0 Å². The standard InChI is InChI=1S/C10H15N3O2/c1-7-6-13(10(14)15)5-3-8(7)9-2-4-11-12-9/h2,4,7-8H,3,5-6H2,1H3,(H,11,12)(H,14,15). The maximum Gasteiger partial charge on any atom is 0.407 e. The second-order valence-electron chi connectivity index (χ2n) is 4.11. The number of amides is 1. The van der Waals surface area contributed by atoms with Crippen LogP contribution in [0.4, 0.5) is 4.79 Å². The summed E-state index contributed by atoms with van der Waals surface area (Å²) in [4.78, 5) is 12.3. The molecule has 1 amide bonds. The van der Waals surface area contributed by atoms with Crippen molar-refractivity contribution in [3.8, 4) is 0 Å². The van der Waals surface area contributed by atoms with E-state index in [4.69, 9.17) is 5.11 Å². The number of hydrogen-bond acceptors (Lipinski definition) is 2. The molecule has 82 valence electrons. The van der Waals surface area contributed by atoms with Crippen LogP contribution < -0.4 is 0 Å². The molecule has 2 rings (SSSR count). The zero-order valence-corrected chi connectivity index (χ0v) is 8.68. The SMILES string of the molecule is CC1CN(C(=O)O)CCC1c1ccn[nH]1. The van der Waals surface area contributed by atoms with E-state index in [-0.39, 0.29) is 0 Å². The van der Waals surface area contributed by atoms with Gasteiger partial charge in [0, 0.05) is 30.9 Å². The summed E-state index contributed by atoms with van der Waals surface area (Å²) in [5.74, 6) is 0.749. The normalized spacial score (nSPS) is 26.6. The fourth-order valence-corrected chi connectivity index (χ4v) is 2.25. The molecule has 2 unspecified atom stereocenters. The number of likely N-dealkylation sites (tertiary alicyclic amines) is 1. The number of nitrogens with one attached hydrogen (secondary N) is 1. The number of aromatic amines is 1. The predicted octanol–water partition coefficient (Wildman–Crippen LogP) is 1.51. The third-order valence-electron chi connectivity index (χ3n) is 3.10. The molecule has 0 bridgehead atoms. The summed E-state index contributed by atoms with van der Waals surface area (Å²) < 4.78 is 0. The molecule has 5 heteroatoms. The van der Waals surface area contributed by atoms with Crippen LogP contribution in [0.1, 0.15) is 25.0 Å². The Morgan fingerprint density at radius 3 is 3.07 bits per heavy atom. The molecule has 1 aliphatic heterocycles. The lowest BCUT2D eigenvalue weighted by atomic mass is 9.85. The Kier molecular flexibility index (Phi) is 2.62. The molecule has 1 aromatic heterocycles. The second-order valence-corrected chi connectivity index (χ2v) is 4.11. The van der Waals surface area contributed by atoms with E-state index in [1.54, 1.807) is 6.20 Å². The van der Waals surface area contributed by atoms with Crippen LogP contribution in [-0.4, -0.2) is 39.4 Å². The molecule has 0 radical (unpaired) electrons. The van der Waals surface area contributed by atoms with Gasteiger partial charge in [-0.25, -0.2) is 4.79 Å². The van der Waals surface area contributed by atoms with E-state index in [2.05, 4.69) is 17.1 Å². The van der Waals surface area contributed by atoms with E-state index in [1.165, 1.54) is 4.90 Å². The summed E-state index contributed by atoms with van der Waals surface area (Å²) >= 11 is 0. The van der Waals surface area contributed by atoms with Crippen molar-refractivity contribution in [3.05, 3.63) is 18.0 Å². The topological polar surface area (TPSA) is 69.2 Å². The van der Waals surface area contributed by atoms with Crippen LogP contribution in [-0.2, 0) is 0 Å². The first-order valence-electron chi connectivity index (χ1n) is 5.15. The summed E-state index contributed by atoms with van der Waals surface area (Å²) in [6.07, 6.45) is 1.80. The molecule has 5 nitrogen and oxygen atoms in total. The molecule has 0 saturated carbocycles. The van der Waals surface area contributed by atoms with Crippen molar-refractivity contribution in [1.82, 2.24) is 15.1 Å². The molecule has 0 aromatic carbocycles. The maximum absolute atomic E-state index is 10.8. The first-order valence-corrected chi connectivity index (χ1v) is 5.15. The van der Waals surface area contributed by atoms with Gasteiger partial charge in [0.25, 0.3) is 0 Å². The Bertz CT molecular complexity index is 336. The highest BCUT2D eigenvalue weighted by atomic mass is 16.4. The molecule has 2 heterocycles. The molecule has 2 atom stereocenters. The predicted molar refractivity (Wildman–Crippen MR) is 54.7 cm³/mol. The van der Waals surface area contributed by atoms with Crippen LogP contribution in [0.2, 0.25) is 0 Å². The molecule has 1 saturated heterocycles. The van der Waals surface area contributed by atoms with E-state index in [9.17, 15) is 4.79 Å². The lowest BCUT2D eigenvalue weighted by Crippen LogP contribution is -2.41. The van der Waals surface area contributed by atoms with Crippen molar-refractivity contribution in [2.45, 2.75) is 19.3 Å². The minimum atomic E-state index is -0.815. The average Bonchev–Trinajstić information content (AvgIpc) is 2.70. The number of piperidine rings is 1. The highest BCUT2D eigenvalue weighted by molar-refractivity contribution is 5.65. The van der Waals surface area contributed by atoms with Gasteiger partial charge in [-0.05, 0) is 18.4 Å². The Morgan fingerprint density at radius 2 is 2.53 bits per heavy atom. The highest BCUT2D eigenvalue weighted by Crippen LogP contribution is 2.31. The van der Waals surface area contributed by atoms with Gasteiger partial charge in [-0.1, -0.05) is 6.92 Å². The van der Waals surface area contributed by atoms with Crippen LogP contribution in [0.5, 0.6) is 0 Å². The smallest absolute Gasteiger partial charge is 0.407 e. The van der Waals surface area contributed by atoms with Crippen molar-refractivity contribution in [1.29, 1.82) is 0 Å². The first kappa shape index (κ1) is 10.0. The number of carboxylic acid groups (broad SMARTS) is 1. The number of carbonyl (C=O) groups is 1. The van der Waals surface area contributed by atoms with Crippen molar-refractivity contribution in [2.24, 2.45) is 5.92 Å². The monoisotopic (exact) mass is 209 g/mol. The number of H-pyrrole nitrogens is 1. The molecule has 0 aliphatic carbocycles. The molecule has 1 aromatic rings. The van der Waals surface area contributed by atoms with Crippen molar-refractivity contribution >= 4 is 6.09 Å². The molecular formula is C10H15N3O2. The molecule has 2 N–H and O–H groups in total. The van der Waals surface area contributed by atoms with E-state index in [0.29, 0.717) is 24.9 Å². The Morgan fingerprint density at radius 1 is 1.73 bits per heavy atom. The van der Waals surface area contributed by atoms with Crippen LogP contribution in [0.15, 0.2) is 12.3 Å². The summed E-state index contributed by atoms with van der Waals surface area (Å²) in [5.41, 5.74) is 1.12. The Labute approximate surface area is 88.1 Å². The van der Waals surface area contributed by atoms with Gasteiger partial charge in [0.05, 0.1) is 0 Å². The number of nitrogens with zero attached hydrogens (tertiary/aromatic N) is 2. The number of hydrogen-bond donors (Lipinski definition) is 2. The average molecular weight is 209 g/mol. The van der Waals surface area contributed by atoms with Crippen molar-refractivity contribution < 1.29 is 9.90 Å². The molecule has 15 heavy (non-hydrogen) atoms. The van der Waals surface area contributed by atoms with Gasteiger partial charge in [-0.2, -0.15) is 5.10 Å². The van der Waals surface area contributed by atoms with Crippen LogP contribution in [0.3, 0.4) is 0 Å².